The van der Waals surface area contributed by atoms with Crippen LogP contribution in [0.2, 0.25) is 0 Å². The Bertz CT molecular complexity index is 689. The van der Waals surface area contributed by atoms with E-state index in [-0.39, 0.29) is 6.04 Å². The number of amides is 4. The van der Waals surface area contributed by atoms with Gasteiger partial charge in [0.05, 0.1) is 0 Å². The van der Waals surface area contributed by atoms with Crippen LogP contribution in [0.4, 0.5) is 4.79 Å². The van der Waals surface area contributed by atoms with Crippen LogP contribution < -0.4 is 10.6 Å². The first kappa shape index (κ1) is 18.4. The Kier molecular flexibility index (Phi) is 5.41. The average Bonchev–Trinajstić information content (AvgIpc) is 2.77. The molecule has 0 aliphatic carbocycles. The molecule has 0 bridgehead atoms. The van der Waals surface area contributed by atoms with E-state index in [1.54, 1.807) is 51.1 Å². The molecule has 0 radical (unpaired) electrons. The van der Waals surface area contributed by atoms with E-state index in [4.69, 9.17) is 4.74 Å². The number of rotatable bonds is 6. The van der Waals surface area contributed by atoms with Gasteiger partial charge in [0.1, 0.15) is 12.1 Å². The van der Waals surface area contributed by atoms with Crippen molar-refractivity contribution in [2.75, 3.05) is 13.2 Å². The summed E-state index contributed by atoms with van der Waals surface area (Å²) in [6, 6.07) is 7.98. The molecule has 134 valence electrons. The summed E-state index contributed by atoms with van der Waals surface area (Å²) in [6.45, 7) is 4.11. The predicted molar refractivity (Wildman–Crippen MR) is 88.3 cm³/mol. The lowest BCUT2D eigenvalue weighted by molar-refractivity contribution is -0.151. The molecule has 1 aromatic rings. The molecule has 8 heteroatoms. The van der Waals surface area contributed by atoms with Crippen molar-refractivity contribution in [3.63, 3.8) is 0 Å². The van der Waals surface area contributed by atoms with Gasteiger partial charge in [0, 0.05) is 6.04 Å². The summed E-state index contributed by atoms with van der Waals surface area (Å²) >= 11 is 0. The first-order chi connectivity index (χ1) is 11.7. The smallest absolute Gasteiger partial charge is 0.326 e. The number of benzene rings is 1. The van der Waals surface area contributed by atoms with Gasteiger partial charge in [-0.2, -0.15) is 0 Å². The van der Waals surface area contributed by atoms with Crippen molar-refractivity contribution >= 4 is 23.8 Å². The monoisotopic (exact) mass is 347 g/mol. The van der Waals surface area contributed by atoms with Crippen molar-refractivity contribution in [2.45, 2.75) is 32.4 Å². The summed E-state index contributed by atoms with van der Waals surface area (Å²) < 4.78 is 4.81. The molecule has 1 aliphatic rings. The minimum absolute atomic E-state index is 0.0799. The number of esters is 1. The molecule has 0 unspecified atom stereocenters. The number of carbonyl (C=O) groups is 4. The highest BCUT2D eigenvalue weighted by Crippen LogP contribution is 2.28. The fourth-order valence-corrected chi connectivity index (χ4v) is 2.49. The number of imide groups is 1. The summed E-state index contributed by atoms with van der Waals surface area (Å²) in [6.07, 6.45) is 0. The van der Waals surface area contributed by atoms with Crippen LogP contribution in [0.5, 0.6) is 0 Å². The summed E-state index contributed by atoms with van der Waals surface area (Å²) in [5.41, 5.74) is -0.631. The van der Waals surface area contributed by atoms with E-state index in [9.17, 15) is 19.2 Å². The summed E-state index contributed by atoms with van der Waals surface area (Å²) in [7, 11) is 0. The van der Waals surface area contributed by atoms with Gasteiger partial charge in [-0.1, -0.05) is 30.3 Å². The van der Waals surface area contributed by atoms with E-state index in [0.29, 0.717) is 5.56 Å². The van der Waals surface area contributed by atoms with E-state index >= 15 is 0 Å². The Balaban J connectivity index is 1.99. The van der Waals surface area contributed by atoms with Crippen LogP contribution in [-0.2, 0) is 24.7 Å². The Morgan fingerprint density at radius 3 is 2.48 bits per heavy atom. The Hall–Kier alpha value is -2.90. The van der Waals surface area contributed by atoms with Crippen LogP contribution in [0, 0.1) is 0 Å². The van der Waals surface area contributed by atoms with Crippen molar-refractivity contribution < 1.29 is 23.9 Å². The average molecular weight is 347 g/mol. The van der Waals surface area contributed by atoms with Gasteiger partial charge in [-0.15, -0.1) is 0 Å². The third-order valence-electron chi connectivity index (χ3n) is 3.73. The Morgan fingerprint density at radius 2 is 1.88 bits per heavy atom. The third kappa shape index (κ3) is 4.14. The number of urea groups is 1. The molecule has 1 fully saturated rings. The zero-order valence-corrected chi connectivity index (χ0v) is 14.4. The van der Waals surface area contributed by atoms with Crippen molar-refractivity contribution in [3.8, 4) is 0 Å². The van der Waals surface area contributed by atoms with Gasteiger partial charge in [-0.05, 0) is 26.3 Å². The quantitative estimate of drug-likeness (QED) is 0.577. The number of ether oxygens (including phenoxy) is 1. The molecule has 1 heterocycles. The first-order valence-corrected chi connectivity index (χ1v) is 7.88. The number of nitrogens with one attached hydrogen (secondary N) is 2. The van der Waals surface area contributed by atoms with Gasteiger partial charge in [0.2, 0.25) is 0 Å². The standard InChI is InChI=1S/C17H21N3O5/c1-11(2)18-13(21)10-25-14(22)9-20-15(23)17(3,19-16(20)24)12-7-5-4-6-8-12/h4-8,11H,9-10H2,1-3H3,(H,18,21)(H,19,24)/t17-/m1/s1. The van der Waals surface area contributed by atoms with E-state index in [2.05, 4.69) is 10.6 Å². The first-order valence-electron chi connectivity index (χ1n) is 7.88. The van der Waals surface area contributed by atoms with Gasteiger partial charge in [0.25, 0.3) is 11.8 Å². The lowest BCUT2D eigenvalue weighted by atomic mass is 9.92. The molecule has 8 nitrogen and oxygen atoms in total. The number of hydrogen-bond acceptors (Lipinski definition) is 5. The largest absolute Gasteiger partial charge is 0.454 e. The minimum Gasteiger partial charge on any atom is -0.454 e. The molecule has 1 aliphatic heterocycles. The van der Waals surface area contributed by atoms with Crippen molar-refractivity contribution in [1.29, 1.82) is 0 Å². The van der Waals surface area contributed by atoms with E-state index < -0.39 is 42.5 Å². The van der Waals surface area contributed by atoms with Crippen LogP contribution >= 0.6 is 0 Å². The Morgan fingerprint density at radius 1 is 1.24 bits per heavy atom. The number of carbonyl (C=O) groups excluding carboxylic acids is 4. The maximum Gasteiger partial charge on any atom is 0.326 e. The lowest BCUT2D eigenvalue weighted by Crippen LogP contribution is -2.42. The molecule has 1 aromatic carbocycles. The molecule has 1 saturated heterocycles. The lowest BCUT2D eigenvalue weighted by Gasteiger charge is -2.21. The molecule has 4 amide bonds. The second kappa shape index (κ2) is 7.33. The molecule has 0 spiro atoms. The van der Waals surface area contributed by atoms with Gasteiger partial charge in [-0.25, -0.2) is 4.79 Å². The number of nitrogens with zero attached hydrogens (tertiary/aromatic N) is 1. The zero-order chi connectivity index (χ0) is 18.6. The summed E-state index contributed by atoms with van der Waals surface area (Å²) in [4.78, 5) is 48.8. The van der Waals surface area contributed by atoms with E-state index in [0.717, 1.165) is 4.90 Å². The summed E-state index contributed by atoms with van der Waals surface area (Å²) in [5.74, 6) is -1.83. The predicted octanol–water partition coefficient (Wildman–Crippen LogP) is 0.521. The molecule has 0 saturated carbocycles. The van der Waals surface area contributed by atoms with Gasteiger partial charge >= 0.3 is 12.0 Å². The van der Waals surface area contributed by atoms with Crippen LogP contribution in [0.15, 0.2) is 30.3 Å². The maximum atomic E-state index is 12.6. The normalized spacial score (nSPS) is 19.8. The van der Waals surface area contributed by atoms with Crippen LogP contribution in [0.25, 0.3) is 0 Å². The second-order valence-electron chi connectivity index (χ2n) is 6.20. The third-order valence-corrected chi connectivity index (χ3v) is 3.73. The van der Waals surface area contributed by atoms with E-state index in [1.165, 1.54) is 0 Å². The van der Waals surface area contributed by atoms with Crippen molar-refractivity contribution in [1.82, 2.24) is 15.5 Å². The van der Waals surface area contributed by atoms with Crippen molar-refractivity contribution in [2.24, 2.45) is 0 Å². The molecular weight excluding hydrogens is 326 g/mol. The maximum absolute atomic E-state index is 12.6. The highest BCUT2D eigenvalue weighted by atomic mass is 16.5. The van der Waals surface area contributed by atoms with E-state index in [1.807, 2.05) is 0 Å². The van der Waals surface area contributed by atoms with Crippen molar-refractivity contribution in [3.05, 3.63) is 35.9 Å². The van der Waals surface area contributed by atoms with Gasteiger partial charge in [-0.3, -0.25) is 19.3 Å². The molecular formula is C17H21N3O5. The molecule has 2 rings (SSSR count). The highest BCUT2D eigenvalue weighted by molar-refractivity contribution is 6.08. The topological polar surface area (TPSA) is 105 Å². The number of hydrogen-bond donors (Lipinski definition) is 2. The van der Waals surface area contributed by atoms with Gasteiger partial charge in [0.15, 0.2) is 6.61 Å². The zero-order valence-electron chi connectivity index (χ0n) is 14.4. The van der Waals surface area contributed by atoms with Gasteiger partial charge < -0.3 is 15.4 Å². The minimum atomic E-state index is -1.24. The molecule has 2 N–H and O–H groups in total. The van der Waals surface area contributed by atoms with Crippen LogP contribution in [0.1, 0.15) is 26.3 Å². The fourth-order valence-electron chi connectivity index (χ4n) is 2.49. The van der Waals surface area contributed by atoms with Crippen LogP contribution in [0.3, 0.4) is 0 Å². The molecule has 25 heavy (non-hydrogen) atoms. The molecule has 0 aromatic heterocycles. The Labute approximate surface area is 145 Å². The van der Waals surface area contributed by atoms with Crippen LogP contribution in [-0.4, -0.2) is 47.9 Å². The fraction of sp³-hybridized carbons (Fsp3) is 0.412. The summed E-state index contributed by atoms with van der Waals surface area (Å²) in [5, 5.41) is 5.16. The second-order valence-corrected chi connectivity index (χ2v) is 6.20. The molecule has 1 atom stereocenters. The SMILES string of the molecule is CC(C)NC(=O)COC(=O)CN1C(=O)N[C@](C)(c2ccccc2)C1=O. The highest BCUT2D eigenvalue weighted by Gasteiger charge is 2.49.